The van der Waals surface area contributed by atoms with Gasteiger partial charge in [0.15, 0.2) is 0 Å². The summed E-state index contributed by atoms with van der Waals surface area (Å²) in [6.45, 7) is 3.27. The number of hydrogen-bond donors (Lipinski definition) is 2. The Morgan fingerprint density at radius 3 is 2.12 bits per heavy atom. The number of likely N-dealkylation sites (N-methyl/N-ethyl adjacent to an activating group) is 1. The van der Waals surface area contributed by atoms with Gasteiger partial charge in [-0.1, -0.05) is 0 Å². The minimum atomic E-state index is -0.744. The van der Waals surface area contributed by atoms with Gasteiger partial charge in [0.2, 0.25) is 0 Å². The molecule has 1 rings (SSSR count). The lowest BCUT2D eigenvalue weighted by Gasteiger charge is -2.36. The predicted molar refractivity (Wildman–Crippen MR) is 63.8 cm³/mol. The Morgan fingerprint density at radius 1 is 1.29 bits per heavy atom. The Morgan fingerprint density at radius 2 is 1.76 bits per heavy atom. The molecule has 96 valence electrons. The van der Waals surface area contributed by atoms with E-state index in [0.29, 0.717) is 5.56 Å². The van der Waals surface area contributed by atoms with Crippen LogP contribution < -0.4 is 10.6 Å². The Balaban J connectivity index is 3.23. The molecule has 0 aromatic heterocycles. The molecule has 0 bridgehead atoms. The first kappa shape index (κ1) is 13.9. The van der Waals surface area contributed by atoms with Gasteiger partial charge in [-0.25, -0.2) is 8.78 Å². The van der Waals surface area contributed by atoms with Crippen molar-refractivity contribution >= 4 is 5.69 Å². The molecule has 0 aliphatic rings. The molecule has 1 aromatic carbocycles. The number of halogens is 2. The smallest absolute Gasteiger partial charge is 0.149 e. The highest BCUT2D eigenvalue weighted by atomic mass is 19.1. The third-order valence-corrected chi connectivity index (χ3v) is 2.94. The average molecular weight is 244 g/mol. The second kappa shape index (κ2) is 4.98. The molecule has 0 saturated heterocycles. The van der Waals surface area contributed by atoms with Crippen molar-refractivity contribution in [2.45, 2.75) is 25.9 Å². The number of anilines is 1. The molecule has 0 aliphatic heterocycles. The van der Waals surface area contributed by atoms with Crippen LogP contribution in [0.5, 0.6) is 0 Å². The van der Waals surface area contributed by atoms with Crippen molar-refractivity contribution in [1.29, 1.82) is 0 Å². The maximum Gasteiger partial charge on any atom is 0.149 e. The lowest BCUT2D eigenvalue weighted by Crippen LogP contribution is -2.45. The summed E-state index contributed by atoms with van der Waals surface area (Å²) in [5.41, 5.74) is 4.84. The van der Waals surface area contributed by atoms with E-state index in [-0.39, 0.29) is 18.8 Å². The summed E-state index contributed by atoms with van der Waals surface area (Å²) < 4.78 is 27.6. The zero-order valence-corrected chi connectivity index (χ0v) is 10.3. The van der Waals surface area contributed by atoms with Crippen LogP contribution in [0.4, 0.5) is 14.5 Å². The van der Waals surface area contributed by atoms with Gasteiger partial charge in [-0.3, -0.25) is 0 Å². The molecule has 0 heterocycles. The maximum atomic E-state index is 13.8. The van der Waals surface area contributed by atoms with Crippen LogP contribution in [0.3, 0.4) is 0 Å². The van der Waals surface area contributed by atoms with E-state index in [4.69, 9.17) is 5.73 Å². The fraction of sp³-hybridized carbons (Fsp3) is 0.500. The first-order valence-corrected chi connectivity index (χ1v) is 5.36. The van der Waals surface area contributed by atoms with Crippen LogP contribution in [-0.4, -0.2) is 24.3 Å². The Labute approximate surface area is 99.8 Å². The first-order valence-electron chi connectivity index (χ1n) is 5.36. The zero-order chi connectivity index (χ0) is 13.2. The molecular weight excluding hydrogens is 226 g/mol. The SMILES string of the molecule is CN(c1c(F)cc(CN)cc1F)C(C)(C)CO. The van der Waals surface area contributed by atoms with Crippen LogP contribution in [0.2, 0.25) is 0 Å². The molecule has 0 atom stereocenters. The molecule has 0 spiro atoms. The van der Waals surface area contributed by atoms with Gasteiger partial charge < -0.3 is 15.7 Å². The van der Waals surface area contributed by atoms with Crippen LogP contribution >= 0.6 is 0 Å². The second-order valence-electron chi connectivity index (χ2n) is 4.64. The van der Waals surface area contributed by atoms with Crippen molar-refractivity contribution in [3.05, 3.63) is 29.3 Å². The van der Waals surface area contributed by atoms with E-state index in [9.17, 15) is 13.9 Å². The summed E-state index contributed by atoms with van der Waals surface area (Å²) in [4.78, 5) is 1.39. The third kappa shape index (κ3) is 2.73. The van der Waals surface area contributed by atoms with Crippen LogP contribution in [0.1, 0.15) is 19.4 Å². The Bertz CT molecular complexity index is 384. The number of nitrogens with two attached hydrogens (primary N) is 1. The molecule has 5 heteroatoms. The predicted octanol–water partition coefficient (Wildman–Crippen LogP) is 1.63. The van der Waals surface area contributed by atoms with Crippen molar-refractivity contribution in [3.8, 4) is 0 Å². The summed E-state index contributed by atoms with van der Waals surface area (Å²) in [6, 6.07) is 2.42. The summed E-state index contributed by atoms with van der Waals surface area (Å²) in [7, 11) is 1.54. The molecule has 0 radical (unpaired) electrons. The van der Waals surface area contributed by atoms with E-state index >= 15 is 0 Å². The van der Waals surface area contributed by atoms with E-state index in [2.05, 4.69) is 0 Å². The fourth-order valence-corrected chi connectivity index (χ4v) is 1.47. The molecule has 0 amide bonds. The number of benzene rings is 1. The first-order chi connectivity index (χ1) is 7.83. The van der Waals surface area contributed by atoms with E-state index in [1.165, 1.54) is 17.0 Å². The lowest BCUT2D eigenvalue weighted by molar-refractivity contribution is 0.215. The highest BCUT2D eigenvalue weighted by Gasteiger charge is 2.27. The van der Waals surface area contributed by atoms with Crippen LogP contribution in [0.25, 0.3) is 0 Å². The van der Waals surface area contributed by atoms with Crippen LogP contribution in [-0.2, 0) is 6.54 Å². The summed E-state index contributed by atoms with van der Waals surface area (Å²) in [5.74, 6) is -1.34. The van der Waals surface area contributed by atoms with Crippen LogP contribution in [0.15, 0.2) is 12.1 Å². The summed E-state index contributed by atoms with van der Waals surface area (Å²) in [6.07, 6.45) is 0. The Kier molecular flexibility index (Phi) is 4.06. The number of hydrogen-bond acceptors (Lipinski definition) is 3. The normalized spacial score (nSPS) is 11.7. The monoisotopic (exact) mass is 244 g/mol. The largest absolute Gasteiger partial charge is 0.394 e. The minimum Gasteiger partial charge on any atom is -0.394 e. The average Bonchev–Trinajstić information content (AvgIpc) is 2.27. The number of aliphatic hydroxyl groups excluding tert-OH is 1. The van der Waals surface area contributed by atoms with Gasteiger partial charge in [-0.15, -0.1) is 0 Å². The second-order valence-corrected chi connectivity index (χ2v) is 4.64. The molecular formula is C12H18F2N2O. The highest BCUT2D eigenvalue weighted by molar-refractivity contribution is 5.52. The molecule has 0 aliphatic carbocycles. The van der Waals surface area contributed by atoms with Crippen LogP contribution in [0, 0.1) is 11.6 Å². The van der Waals surface area contributed by atoms with E-state index in [1.807, 2.05) is 0 Å². The van der Waals surface area contributed by atoms with E-state index in [1.54, 1.807) is 20.9 Å². The quantitative estimate of drug-likeness (QED) is 0.846. The fourth-order valence-electron chi connectivity index (χ4n) is 1.47. The van der Waals surface area contributed by atoms with E-state index < -0.39 is 17.2 Å². The molecule has 17 heavy (non-hydrogen) atoms. The van der Waals surface area contributed by atoms with Gasteiger partial charge in [0.05, 0.1) is 12.1 Å². The number of aliphatic hydroxyl groups is 1. The minimum absolute atomic E-state index is 0.0846. The maximum absolute atomic E-state index is 13.8. The van der Waals surface area contributed by atoms with E-state index in [0.717, 1.165) is 0 Å². The van der Waals surface area contributed by atoms with Crippen molar-refractivity contribution in [1.82, 2.24) is 0 Å². The molecule has 1 aromatic rings. The van der Waals surface area contributed by atoms with Gasteiger partial charge in [0.1, 0.15) is 17.3 Å². The summed E-state index contributed by atoms with van der Waals surface area (Å²) >= 11 is 0. The summed E-state index contributed by atoms with van der Waals surface area (Å²) in [5, 5.41) is 9.20. The third-order valence-electron chi connectivity index (χ3n) is 2.94. The van der Waals surface area contributed by atoms with Gasteiger partial charge >= 0.3 is 0 Å². The topological polar surface area (TPSA) is 49.5 Å². The highest BCUT2D eigenvalue weighted by Crippen LogP contribution is 2.29. The molecule has 3 nitrogen and oxygen atoms in total. The standard InChI is InChI=1S/C12H18F2N2O/c1-12(2,7-17)16(3)11-9(13)4-8(6-15)5-10(11)14/h4-5,17H,6-7,15H2,1-3H3. The van der Waals surface area contributed by atoms with Gasteiger partial charge in [0, 0.05) is 13.6 Å². The van der Waals surface area contributed by atoms with Gasteiger partial charge in [0.25, 0.3) is 0 Å². The number of nitrogens with zero attached hydrogens (tertiary/aromatic N) is 1. The van der Waals surface area contributed by atoms with Crippen molar-refractivity contribution in [2.75, 3.05) is 18.6 Å². The number of rotatable bonds is 4. The molecule has 0 unspecified atom stereocenters. The van der Waals surface area contributed by atoms with Crippen molar-refractivity contribution < 1.29 is 13.9 Å². The lowest BCUT2D eigenvalue weighted by atomic mass is 10.0. The molecule has 0 fully saturated rings. The van der Waals surface area contributed by atoms with Crippen molar-refractivity contribution in [2.24, 2.45) is 5.73 Å². The molecule has 0 saturated carbocycles. The van der Waals surface area contributed by atoms with Gasteiger partial charge in [-0.05, 0) is 31.5 Å². The van der Waals surface area contributed by atoms with Crippen molar-refractivity contribution in [3.63, 3.8) is 0 Å². The zero-order valence-electron chi connectivity index (χ0n) is 10.3. The molecule has 3 N–H and O–H groups in total. The van der Waals surface area contributed by atoms with Gasteiger partial charge in [-0.2, -0.15) is 0 Å². The Hall–Kier alpha value is -1.20.